The van der Waals surface area contributed by atoms with Crippen LogP contribution in [0.2, 0.25) is 5.02 Å². The molecule has 0 amide bonds. The Morgan fingerprint density at radius 2 is 1.89 bits per heavy atom. The summed E-state index contributed by atoms with van der Waals surface area (Å²) < 4.78 is 0.900. The number of nitrogens with one attached hydrogen (secondary N) is 1. The molecular formula is C15H13BrClN. The van der Waals surface area contributed by atoms with E-state index in [1.54, 1.807) is 0 Å². The van der Waals surface area contributed by atoms with Crippen LogP contribution in [0.25, 0.3) is 5.57 Å². The average molecular weight is 323 g/mol. The molecule has 0 saturated carbocycles. The van der Waals surface area contributed by atoms with E-state index >= 15 is 0 Å². The lowest BCUT2D eigenvalue weighted by atomic mass is 10.1. The number of rotatable bonds is 4. The molecule has 0 spiro atoms. The van der Waals surface area contributed by atoms with Crippen LogP contribution >= 0.6 is 27.5 Å². The van der Waals surface area contributed by atoms with Gasteiger partial charge in [-0.25, -0.2) is 0 Å². The van der Waals surface area contributed by atoms with Gasteiger partial charge in [-0.15, -0.1) is 0 Å². The molecule has 18 heavy (non-hydrogen) atoms. The van der Waals surface area contributed by atoms with Crippen LogP contribution in [0.4, 0.5) is 5.69 Å². The maximum Gasteiger partial charge on any atom is 0.0568 e. The van der Waals surface area contributed by atoms with E-state index in [-0.39, 0.29) is 0 Å². The van der Waals surface area contributed by atoms with Crippen LogP contribution in [0, 0.1) is 0 Å². The Hall–Kier alpha value is -1.25. The van der Waals surface area contributed by atoms with Crippen LogP contribution in [0.3, 0.4) is 0 Å². The van der Waals surface area contributed by atoms with E-state index in [2.05, 4.69) is 40.0 Å². The zero-order valence-corrected chi connectivity index (χ0v) is 12.1. The molecule has 0 aliphatic rings. The highest BCUT2D eigenvalue weighted by Gasteiger charge is 2.01. The highest BCUT2D eigenvalue weighted by molar-refractivity contribution is 9.10. The van der Waals surface area contributed by atoms with Gasteiger partial charge < -0.3 is 5.32 Å². The first kappa shape index (κ1) is 13.2. The summed E-state index contributed by atoms with van der Waals surface area (Å²) in [4.78, 5) is 0. The molecule has 0 aromatic heterocycles. The van der Waals surface area contributed by atoms with Gasteiger partial charge in [0.2, 0.25) is 0 Å². The van der Waals surface area contributed by atoms with Gasteiger partial charge >= 0.3 is 0 Å². The molecule has 1 nitrogen and oxygen atoms in total. The Bertz CT molecular complexity index is 552. The van der Waals surface area contributed by atoms with Crippen LogP contribution in [-0.2, 0) is 0 Å². The summed E-state index contributed by atoms with van der Waals surface area (Å²) in [5, 5.41) is 4.01. The highest BCUT2D eigenvalue weighted by atomic mass is 79.9. The van der Waals surface area contributed by atoms with Crippen molar-refractivity contribution in [2.75, 3.05) is 11.9 Å². The topological polar surface area (TPSA) is 12.0 Å². The largest absolute Gasteiger partial charge is 0.381 e. The first-order valence-electron chi connectivity index (χ1n) is 5.59. The highest BCUT2D eigenvalue weighted by Crippen LogP contribution is 2.25. The molecule has 0 saturated heterocycles. The Labute approximate surface area is 121 Å². The second-order valence-electron chi connectivity index (χ2n) is 3.95. The van der Waals surface area contributed by atoms with Crippen molar-refractivity contribution in [3.8, 4) is 0 Å². The molecule has 3 heteroatoms. The summed E-state index contributed by atoms with van der Waals surface area (Å²) in [6.45, 7) is 4.77. The minimum atomic E-state index is 0.696. The van der Waals surface area contributed by atoms with Gasteiger partial charge in [0.1, 0.15) is 0 Å². The van der Waals surface area contributed by atoms with Gasteiger partial charge in [0.15, 0.2) is 0 Å². The minimum absolute atomic E-state index is 0.696. The molecule has 2 aromatic carbocycles. The SMILES string of the molecule is C=C(CNc1ccc(Br)c(Cl)c1)c1ccccc1. The summed E-state index contributed by atoms with van der Waals surface area (Å²) in [6.07, 6.45) is 0. The van der Waals surface area contributed by atoms with Gasteiger partial charge in [-0.2, -0.15) is 0 Å². The third-order valence-corrected chi connectivity index (χ3v) is 3.84. The van der Waals surface area contributed by atoms with E-state index in [0.717, 1.165) is 21.3 Å². The van der Waals surface area contributed by atoms with Crippen LogP contribution in [-0.4, -0.2) is 6.54 Å². The lowest BCUT2D eigenvalue weighted by molar-refractivity contribution is 1.34. The predicted octanol–water partition coefficient (Wildman–Crippen LogP) is 5.23. The molecule has 0 aliphatic carbocycles. The smallest absolute Gasteiger partial charge is 0.0568 e. The van der Waals surface area contributed by atoms with Gasteiger partial charge in [0, 0.05) is 16.7 Å². The molecule has 0 heterocycles. The van der Waals surface area contributed by atoms with Gasteiger partial charge in [-0.3, -0.25) is 0 Å². The van der Waals surface area contributed by atoms with Crippen LogP contribution in [0.15, 0.2) is 59.6 Å². The molecule has 2 rings (SSSR count). The van der Waals surface area contributed by atoms with Crippen LogP contribution < -0.4 is 5.32 Å². The number of anilines is 1. The maximum atomic E-state index is 6.04. The van der Waals surface area contributed by atoms with E-state index in [9.17, 15) is 0 Å². The second-order valence-corrected chi connectivity index (χ2v) is 5.21. The van der Waals surface area contributed by atoms with Crippen molar-refractivity contribution in [1.82, 2.24) is 0 Å². The zero-order chi connectivity index (χ0) is 13.0. The van der Waals surface area contributed by atoms with E-state index < -0.39 is 0 Å². The molecule has 0 radical (unpaired) electrons. The molecule has 0 unspecified atom stereocenters. The second kappa shape index (κ2) is 6.07. The number of benzene rings is 2. The number of hydrogen-bond acceptors (Lipinski definition) is 1. The summed E-state index contributed by atoms with van der Waals surface area (Å²) in [5.41, 5.74) is 3.18. The zero-order valence-electron chi connectivity index (χ0n) is 9.79. The fourth-order valence-electron chi connectivity index (χ4n) is 1.59. The predicted molar refractivity (Wildman–Crippen MR) is 83.1 cm³/mol. The van der Waals surface area contributed by atoms with Crippen molar-refractivity contribution in [2.45, 2.75) is 0 Å². The summed E-state index contributed by atoms with van der Waals surface area (Å²) in [6, 6.07) is 15.9. The first-order chi connectivity index (χ1) is 8.66. The minimum Gasteiger partial charge on any atom is -0.381 e. The van der Waals surface area contributed by atoms with Crippen molar-refractivity contribution in [1.29, 1.82) is 0 Å². The molecule has 0 aliphatic heterocycles. The Balaban J connectivity index is 1.99. The quantitative estimate of drug-likeness (QED) is 0.813. The molecule has 0 atom stereocenters. The van der Waals surface area contributed by atoms with Crippen molar-refractivity contribution in [3.63, 3.8) is 0 Å². The number of halogens is 2. The van der Waals surface area contributed by atoms with Gasteiger partial charge in [-0.05, 0) is 45.3 Å². The maximum absolute atomic E-state index is 6.04. The summed E-state index contributed by atoms with van der Waals surface area (Å²) in [5.74, 6) is 0. The third-order valence-electron chi connectivity index (χ3n) is 2.61. The molecule has 0 fully saturated rings. The lowest BCUT2D eigenvalue weighted by Crippen LogP contribution is -2.03. The van der Waals surface area contributed by atoms with E-state index in [0.29, 0.717) is 11.6 Å². The molecule has 2 aromatic rings. The van der Waals surface area contributed by atoms with Crippen LogP contribution in [0.5, 0.6) is 0 Å². The first-order valence-corrected chi connectivity index (χ1v) is 6.76. The van der Waals surface area contributed by atoms with Crippen molar-refractivity contribution < 1.29 is 0 Å². The van der Waals surface area contributed by atoms with E-state index in [1.165, 1.54) is 0 Å². The van der Waals surface area contributed by atoms with E-state index in [4.69, 9.17) is 11.6 Å². The normalized spacial score (nSPS) is 10.1. The van der Waals surface area contributed by atoms with E-state index in [1.807, 2.05) is 36.4 Å². The average Bonchev–Trinajstić information content (AvgIpc) is 2.41. The van der Waals surface area contributed by atoms with Crippen LogP contribution in [0.1, 0.15) is 5.56 Å². The molecule has 0 bridgehead atoms. The van der Waals surface area contributed by atoms with Gasteiger partial charge in [0.05, 0.1) is 5.02 Å². The molecular weight excluding hydrogens is 310 g/mol. The Morgan fingerprint density at radius 1 is 1.17 bits per heavy atom. The summed E-state index contributed by atoms with van der Waals surface area (Å²) >= 11 is 9.41. The third kappa shape index (κ3) is 3.37. The number of hydrogen-bond donors (Lipinski definition) is 1. The summed E-state index contributed by atoms with van der Waals surface area (Å²) in [7, 11) is 0. The van der Waals surface area contributed by atoms with Crippen molar-refractivity contribution in [2.24, 2.45) is 0 Å². The van der Waals surface area contributed by atoms with Gasteiger partial charge in [0.25, 0.3) is 0 Å². The Kier molecular flexibility index (Phi) is 4.45. The lowest BCUT2D eigenvalue weighted by Gasteiger charge is -2.10. The van der Waals surface area contributed by atoms with Crippen molar-refractivity contribution >= 4 is 38.8 Å². The standard InChI is InChI=1S/C15H13BrClN/c1-11(12-5-3-2-4-6-12)10-18-13-7-8-14(16)15(17)9-13/h2-9,18H,1,10H2. The molecule has 1 N–H and O–H groups in total. The fraction of sp³-hybridized carbons (Fsp3) is 0.0667. The molecule has 92 valence electrons. The Morgan fingerprint density at radius 3 is 2.56 bits per heavy atom. The van der Waals surface area contributed by atoms with Crippen molar-refractivity contribution in [3.05, 3.63) is 70.2 Å². The van der Waals surface area contributed by atoms with Gasteiger partial charge in [-0.1, -0.05) is 48.5 Å². The monoisotopic (exact) mass is 321 g/mol. The fourth-order valence-corrected chi connectivity index (χ4v) is 2.02.